The van der Waals surface area contributed by atoms with Gasteiger partial charge in [0.05, 0.1) is 0 Å². The van der Waals surface area contributed by atoms with Gasteiger partial charge in [-0.2, -0.15) is 0 Å². The first-order valence-electron chi connectivity index (χ1n) is 4.98. The number of nitro groups is 1. The molecule has 3 heteroatoms. The normalized spacial score (nSPS) is 28.3. The molecule has 1 rings (SSSR count). The Labute approximate surface area is 79.0 Å². The molecule has 0 aromatic heterocycles. The summed E-state index contributed by atoms with van der Waals surface area (Å²) in [6, 6.07) is 0. The highest BCUT2D eigenvalue weighted by atomic mass is 16.6. The van der Waals surface area contributed by atoms with E-state index in [1.165, 1.54) is 19.3 Å². The zero-order valence-corrected chi connectivity index (χ0v) is 7.95. The molecule has 1 aliphatic rings. The standard InChI is InChI=1S/C10H17NO2/c1-2-9-5-3-4-6-10(9)7-8-11(12)13/h2,9-10H,1,3-8H2/t9-,10+/m1/s1. The Hall–Kier alpha value is -0.860. The van der Waals surface area contributed by atoms with Crippen LogP contribution in [0.5, 0.6) is 0 Å². The van der Waals surface area contributed by atoms with Crippen molar-refractivity contribution in [3.05, 3.63) is 22.8 Å². The Kier molecular flexibility index (Phi) is 3.93. The Bertz CT molecular complexity index is 191. The zero-order valence-electron chi connectivity index (χ0n) is 7.95. The van der Waals surface area contributed by atoms with E-state index in [-0.39, 0.29) is 11.5 Å². The zero-order chi connectivity index (χ0) is 9.68. The number of allylic oxidation sites excluding steroid dienone is 1. The smallest absolute Gasteiger partial charge is 0.204 e. The summed E-state index contributed by atoms with van der Waals surface area (Å²) in [5.74, 6) is 1.03. The lowest BCUT2D eigenvalue weighted by molar-refractivity contribution is -0.482. The van der Waals surface area contributed by atoms with Crippen molar-refractivity contribution in [2.75, 3.05) is 6.54 Å². The minimum atomic E-state index is -0.214. The van der Waals surface area contributed by atoms with E-state index >= 15 is 0 Å². The molecule has 74 valence electrons. The van der Waals surface area contributed by atoms with Crippen molar-refractivity contribution in [1.82, 2.24) is 0 Å². The number of hydrogen-bond donors (Lipinski definition) is 0. The van der Waals surface area contributed by atoms with E-state index in [1.807, 2.05) is 6.08 Å². The van der Waals surface area contributed by atoms with E-state index in [2.05, 4.69) is 6.58 Å². The van der Waals surface area contributed by atoms with Gasteiger partial charge < -0.3 is 0 Å². The highest BCUT2D eigenvalue weighted by molar-refractivity contribution is 4.87. The Balaban J connectivity index is 2.35. The highest BCUT2D eigenvalue weighted by Gasteiger charge is 2.23. The summed E-state index contributed by atoms with van der Waals surface area (Å²) in [5.41, 5.74) is 0. The monoisotopic (exact) mass is 183 g/mol. The molecule has 0 amide bonds. The largest absolute Gasteiger partial charge is 0.265 e. The van der Waals surface area contributed by atoms with Crippen LogP contribution in [0.1, 0.15) is 32.1 Å². The lowest BCUT2D eigenvalue weighted by Gasteiger charge is -2.27. The third kappa shape index (κ3) is 3.17. The molecule has 0 heterocycles. The summed E-state index contributed by atoms with van der Waals surface area (Å²) in [6.45, 7) is 3.91. The molecule has 0 saturated heterocycles. The van der Waals surface area contributed by atoms with Crippen LogP contribution in [0.2, 0.25) is 0 Å². The topological polar surface area (TPSA) is 43.1 Å². The number of nitrogens with zero attached hydrogens (tertiary/aromatic N) is 1. The summed E-state index contributed by atoms with van der Waals surface area (Å²) in [4.78, 5) is 10.0. The predicted molar refractivity (Wildman–Crippen MR) is 52.1 cm³/mol. The lowest BCUT2D eigenvalue weighted by Crippen LogP contribution is -2.20. The molecule has 1 aliphatic carbocycles. The second-order valence-corrected chi connectivity index (χ2v) is 3.79. The van der Waals surface area contributed by atoms with Crippen molar-refractivity contribution >= 4 is 0 Å². The van der Waals surface area contributed by atoms with E-state index in [4.69, 9.17) is 0 Å². The highest BCUT2D eigenvalue weighted by Crippen LogP contribution is 2.32. The van der Waals surface area contributed by atoms with E-state index in [0.717, 1.165) is 12.8 Å². The Morgan fingerprint density at radius 1 is 1.46 bits per heavy atom. The molecule has 3 nitrogen and oxygen atoms in total. The average Bonchev–Trinajstić information content (AvgIpc) is 2.15. The van der Waals surface area contributed by atoms with E-state index in [9.17, 15) is 10.1 Å². The first-order valence-corrected chi connectivity index (χ1v) is 4.98. The lowest BCUT2D eigenvalue weighted by atomic mass is 9.78. The van der Waals surface area contributed by atoms with Gasteiger partial charge >= 0.3 is 0 Å². The second-order valence-electron chi connectivity index (χ2n) is 3.79. The van der Waals surface area contributed by atoms with Crippen LogP contribution in [0.25, 0.3) is 0 Å². The summed E-state index contributed by atoms with van der Waals surface area (Å²) in [7, 11) is 0. The van der Waals surface area contributed by atoms with Crippen LogP contribution >= 0.6 is 0 Å². The van der Waals surface area contributed by atoms with Crippen LogP contribution in [0.15, 0.2) is 12.7 Å². The van der Waals surface area contributed by atoms with Gasteiger partial charge in [-0.15, -0.1) is 6.58 Å². The molecule has 0 N–H and O–H groups in total. The van der Waals surface area contributed by atoms with Crippen LogP contribution in [0, 0.1) is 22.0 Å². The first kappa shape index (κ1) is 10.2. The number of rotatable bonds is 4. The van der Waals surface area contributed by atoms with E-state index < -0.39 is 0 Å². The van der Waals surface area contributed by atoms with Gasteiger partial charge in [0.25, 0.3) is 0 Å². The van der Waals surface area contributed by atoms with Gasteiger partial charge in [-0.25, -0.2) is 0 Å². The van der Waals surface area contributed by atoms with Crippen molar-refractivity contribution < 1.29 is 4.92 Å². The van der Waals surface area contributed by atoms with Crippen molar-refractivity contribution in [2.45, 2.75) is 32.1 Å². The maximum atomic E-state index is 10.2. The minimum Gasteiger partial charge on any atom is -0.265 e. The van der Waals surface area contributed by atoms with Gasteiger partial charge in [0, 0.05) is 11.3 Å². The summed E-state index contributed by atoms with van der Waals surface area (Å²) in [6.07, 6.45) is 7.50. The summed E-state index contributed by atoms with van der Waals surface area (Å²) < 4.78 is 0. The number of hydrogen-bond acceptors (Lipinski definition) is 2. The molecule has 0 aromatic carbocycles. The Morgan fingerprint density at radius 2 is 2.15 bits per heavy atom. The van der Waals surface area contributed by atoms with E-state index in [0.29, 0.717) is 11.8 Å². The molecule has 1 saturated carbocycles. The molecule has 0 bridgehead atoms. The molecule has 0 radical (unpaired) electrons. The van der Waals surface area contributed by atoms with E-state index in [1.54, 1.807) is 0 Å². The molecule has 1 fully saturated rings. The molecule has 2 atom stereocenters. The van der Waals surface area contributed by atoms with Crippen LogP contribution in [-0.2, 0) is 0 Å². The van der Waals surface area contributed by atoms with Crippen LogP contribution in [0.4, 0.5) is 0 Å². The van der Waals surface area contributed by atoms with Crippen molar-refractivity contribution in [3.63, 3.8) is 0 Å². The first-order chi connectivity index (χ1) is 6.24. The molecule has 0 unspecified atom stereocenters. The fourth-order valence-electron chi connectivity index (χ4n) is 2.18. The minimum absolute atomic E-state index is 0.120. The second kappa shape index (κ2) is 5.00. The van der Waals surface area contributed by atoms with Gasteiger partial charge in [0.2, 0.25) is 6.54 Å². The molecule has 0 aromatic rings. The maximum Gasteiger partial charge on any atom is 0.204 e. The molecule has 0 aliphatic heterocycles. The third-order valence-electron chi connectivity index (χ3n) is 2.95. The van der Waals surface area contributed by atoms with Gasteiger partial charge in [-0.05, 0) is 24.7 Å². The van der Waals surface area contributed by atoms with Crippen LogP contribution in [0.3, 0.4) is 0 Å². The van der Waals surface area contributed by atoms with Crippen molar-refractivity contribution in [1.29, 1.82) is 0 Å². The van der Waals surface area contributed by atoms with Crippen molar-refractivity contribution in [3.8, 4) is 0 Å². The van der Waals surface area contributed by atoms with Gasteiger partial charge in [-0.3, -0.25) is 10.1 Å². The third-order valence-corrected chi connectivity index (χ3v) is 2.95. The quantitative estimate of drug-likeness (QED) is 0.382. The fraction of sp³-hybridized carbons (Fsp3) is 0.800. The molecule has 0 spiro atoms. The molecular weight excluding hydrogens is 166 g/mol. The van der Waals surface area contributed by atoms with Crippen LogP contribution < -0.4 is 0 Å². The summed E-state index contributed by atoms with van der Waals surface area (Å²) in [5, 5.41) is 10.2. The SMILES string of the molecule is C=C[C@@H]1CCCC[C@H]1CC[N+](=O)[O-]. The predicted octanol–water partition coefficient (Wildman–Crippen LogP) is 2.65. The summed E-state index contributed by atoms with van der Waals surface area (Å²) >= 11 is 0. The fourth-order valence-corrected chi connectivity index (χ4v) is 2.18. The van der Waals surface area contributed by atoms with Crippen molar-refractivity contribution in [2.24, 2.45) is 11.8 Å². The van der Waals surface area contributed by atoms with Gasteiger partial charge in [0.1, 0.15) is 0 Å². The average molecular weight is 183 g/mol. The van der Waals surface area contributed by atoms with Gasteiger partial charge in [0.15, 0.2) is 0 Å². The molecule has 13 heavy (non-hydrogen) atoms. The van der Waals surface area contributed by atoms with Gasteiger partial charge in [-0.1, -0.05) is 18.9 Å². The molecular formula is C10H17NO2. The maximum absolute atomic E-state index is 10.2. The van der Waals surface area contributed by atoms with Crippen LogP contribution in [-0.4, -0.2) is 11.5 Å². The Morgan fingerprint density at radius 3 is 2.77 bits per heavy atom.